The van der Waals surface area contributed by atoms with Crippen LogP contribution in [0.25, 0.3) is 0 Å². The van der Waals surface area contributed by atoms with Crippen molar-refractivity contribution >= 4 is 59.4 Å². The molecule has 2 aromatic carbocycles. The van der Waals surface area contributed by atoms with Crippen LogP contribution in [0.1, 0.15) is 17.5 Å². The zero-order valence-electron chi connectivity index (χ0n) is 17.0. The van der Waals surface area contributed by atoms with Gasteiger partial charge in [0.1, 0.15) is 17.2 Å². The van der Waals surface area contributed by atoms with Crippen LogP contribution < -0.4 is 20.5 Å². The van der Waals surface area contributed by atoms with Gasteiger partial charge in [0.2, 0.25) is 0 Å². The minimum atomic E-state index is -0.428. The lowest BCUT2D eigenvalue weighted by Crippen LogP contribution is -2.33. The Balaban J connectivity index is 1.81. The van der Waals surface area contributed by atoms with Crippen LogP contribution in [0.2, 0.25) is 0 Å². The largest absolute Gasteiger partial charge is 0.496 e. The van der Waals surface area contributed by atoms with Crippen molar-refractivity contribution in [2.75, 3.05) is 26.8 Å². The third-order valence-corrected chi connectivity index (χ3v) is 6.11. The number of hydrogen-bond donors (Lipinski definition) is 3. The fraction of sp³-hybridized carbons (Fsp3) is 0.333. The van der Waals surface area contributed by atoms with E-state index in [-0.39, 0.29) is 12.1 Å². The number of rotatable bonds is 11. The molecular formula is C21H24Br3N3O4. The molecule has 2 aromatic rings. The average molecular weight is 622 g/mol. The zero-order valence-corrected chi connectivity index (χ0v) is 21.7. The molecule has 0 spiro atoms. The SMILES string of the molecule is COc1ccc(C/C(=N\O)C(=O)NCCCOc2c(Br)cc(CCN)cc2Br)cc1Br. The van der Waals surface area contributed by atoms with E-state index in [1.807, 2.05) is 24.3 Å². The summed E-state index contributed by atoms with van der Waals surface area (Å²) < 4.78 is 13.5. The Labute approximate surface area is 206 Å². The Bertz CT molecular complexity index is 915. The van der Waals surface area contributed by atoms with Gasteiger partial charge in [0, 0.05) is 13.0 Å². The molecule has 0 heterocycles. The van der Waals surface area contributed by atoms with Crippen molar-refractivity contribution in [3.8, 4) is 11.5 Å². The van der Waals surface area contributed by atoms with E-state index < -0.39 is 5.91 Å². The van der Waals surface area contributed by atoms with Gasteiger partial charge >= 0.3 is 0 Å². The zero-order chi connectivity index (χ0) is 22.8. The average Bonchev–Trinajstić information content (AvgIpc) is 2.73. The molecule has 2 rings (SSSR count). The van der Waals surface area contributed by atoms with Crippen molar-refractivity contribution < 1.29 is 19.5 Å². The number of ether oxygens (including phenoxy) is 2. The van der Waals surface area contributed by atoms with Gasteiger partial charge in [-0.05, 0) is 103 Å². The number of hydrogen-bond acceptors (Lipinski definition) is 6. The van der Waals surface area contributed by atoms with E-state index in [0.29, 0.717) is 37.6 Å². The molecular weight excluding hydrogens is 598 g/mol. The first-order valence-corrected chi connectivity index (χ1v) is 11.9. The van der Waals surface area contributed by atoms with E-state index in [9.17, 15) is 10.0 Å². The summed E-state index contributed by atoms with van der Waals surface area (Å²) in [6.07, 6.45) is 1.56. The van der Waals surface area contributed by atoms with Crippen LogP contribution in [0, 0.1) is 0 Å². The van der Waals surface area contributed by atoms with Crippen molar-refractivity contribution in [3.05, 3.63) is 54.9 Å². The van der Waals surface area contributed by atoms with Gasteiger partial charge in [-0.2, -0.15) is 0 Å². The second kappa shape index (κ2) is 13.0. The van der Waals surface area contributed by atoms with Crippen LogP contribution in [0.15, 0.2) is 48.9 Å². The maximum atomic E-state index is 12.3. The number of carbonyl (C=O) groups excluding carboxylic acids is 1. The Hall–Kier alpha value is -1.62. The standard InChI is InChI=1S/C21H24Br3N3O4/c1-30-19-4-3-13(9-15(19)22)12-18(27-29)21(28)26-7-2-8-31-20-16(23)10-14(5-6-25)11-17(20)24/h3-4,9-11,29H,2,5-8,12,25H2,1H3,(H,26,28)/b27-18+. The lowest BCUT2D eigenvalue weighted by molar-refractivity contribution is -0.115. The molecule has 168 valence electrons. The predicted octanol–water partition coefficient (Wildman–Crippen LogP) is 4.44. The summed E-state index contributed by atoms with van der Waals surface area (Å²) in [4.78, 5) is 12.3. The second-order valence-electron chi connectivity index (χ2n) is 6.58. The quantitative estimate of drug-likeness (QED) is 0.149. The fourth-order valence-electron chi connectivity index (χ4n) is 2.79. The van der Waals surface area contributed by atoms with E-state index in [2.05, 4.69) is 58.3 Å². The van der Waals surface area contributed by atoms with E-state index in [4.69, 9.17) is 15.2 Å². The first kappa shape index (κ1) is 25.6. The van der Waals surface area contributed by atoms with Crippen LogP contribution in [0.4, 0.5) is 0 Å². The van der Waals surface area contributed by atoms with Gasteiger partial charge in [-0.1, -0.05) is 11.2 Å². The van der Waals surface area contributed by atoms with Crippen molar-refractivity contribution in [3.63, 3.8) is 0 Å². The van der Waals surface area contributed by atoms with Crippen LogP contribution in [-0.2, 0) is 17.6 Å². The van der Waals surface area contributed by atoms with Gasteiger partial charge in [-0.15, -0.1) is 0 Å². The minimum Gasteiger partial charge on any atom is -0.496 e. The van der Waals surface area contributed by atoms with E-state index >= 15 is 0 Å². The number of benzene rings is 2. The van der Waals surface area contributed by atoms with Gasteiger partial charge in [-0.25, -0.2) is 0 Å². The fourth-order valence-corrected chi connectivity index (χ4v) is 4.88. The van der Waals surface area contributed by atoms with E-state index in [0.717, 1.165) is 31.0 Å². The molecule has 31 heavy (non-hydrogen) atoms. The third-order valence-electron chi connectivity index (χ3n) is 4.31. The Morgan fingerprint density at radius 2 is 1.81 bits per heavy atom. The summed E-state index contributed by atoms with van der Waals surface area (Å²) in [6.45, 7) is 1.36. The first-order chi connectivity index (χ1) is 14.9. The molecule has 0 fully saturated rings. The number of halogens is 3. The van der Waals surface area contributed by atoms with Crippen LogP contribution >= 0.6 is 47.8 Å². The van der Waals surface area contributed by atoms with Crippen LogP contribution in [-0.4, -0.2) is 43.6 Å². The highest BCUT2D eigenvalue weighted by atomic mass is 79.9. The Kier molecular flexibility index (Phi) is 10.8. The Morgan fingerprint density at radius 1 is 1.13 bits per heavy atom. The number of nitrogens with two attached hydrogens (primary N) is 1. The highest BCUT2D eigenvalue weighted by molar-refractivity contribution is 9.11. The van der Waals surface area contributed by atoms with Gasteiger partial charge in [0.05, 0.1) is 27.1 Å². The van der Waals surface area contributed by atoms with Crippen LogP contribution in [0.3, 0.4) is 0 Å². The number of amides is 1. The normalized spacial score (nSPS) is 11.3. The van der Waals surface area contributed by atoms with E-state index in [1.54, 1.807) is 13.2 Å². The second-order valence-corrected chi connectivity index (χ2v) is 9.14. The van der Waals surface area contributed by atoms with Gasteiger partial charge < -0.3 is 25.7 Å². The summed E-state index contributed by atoms with van der Waals surface area (Å²) in [5.74, 6) is 0.959. The molecule has 0 saturated heterocycles. The summed E-state index contributed by atoms with van der Waals surface area (Å²) in [6, 6.07) is 9.37. The molecule has 10 heteroatoms. The predicted molar refractivity (Wildman–Crippen MR) is 131 cm³/mol. The van der Waals surface area contributed by atoms with Crippen molar-refractivity contribution in [2.45, 2.75) is 19.3 Å². The van der Waals surface area contributed by atoms with Crippen molar-refractivity contribution in [2.24, 2.45) is 10.9 Å². The van der Waals surface area contributed by atoms with Crippen molar-refractivity contribution in [1.82, 2.24) is 5.32 Å². The maximum Gasteiger partial charge on any atom is 0.269 e. The molecule has 0 aliphatic carbocycles. The van der Waals surface area contributed by atoms with E-state index in [1.165, 1.54) is 0 Å². The highest BCUT2D eigenvalue weighted by Crippen LogP contribution is 2.35. The molecule has 0 radical (unpaired) electrons. The number of carbonyl (C=O) groups is 1. The first-order valence-electron chi connectivity index (χ1n) is 9.52. The summed E-state index contributed by atoms with van der Waals surface area (Å²) in [7, 11) is 1.58. The molecule has 0 aliphatic heterocycles. The topological polar surface area (TPSA) is 106 Å². The summed E-state index contributed by atoms with van der Waals surface area (Å²) in [5.41, 5.74) is 7.55. The molecule has 7 nitrogen and oxygen atoms in total. The molecule has 0 atom stereocenters. The molecule has 0 bridgehead atoms. The van der Waals surface area contributed by atoms with Crippen molar-refractivity contribution in [1.29, 1.82) is 0 Å². The number of nitrogens with one attached hydrogen (secondary N) is 1. The monoisotopic (exact) mass is 619 g/mol. The smallest absolute Gasteiger partial charge is 0.269 e. The minimum absolute atomic E-state index is 0.0268. The highest BCUT2D eigenvalue weighted by Gasteiger charge is 2.14. The molecule has 0 saturated carbocycles. The lowest BCUT2D eigenvalue weighted by atomic mass is 10.1. The van der Waals surface area contributed by atoms with Gasteiger partial charge in [0.15, 0.2) is 0 Å². The molecule has 0 unspecified atom stereocenters. The summed E-state index contributed by atoms with van der Waals surface area (Å²) >= 11 is 10.4. The third kappa shape index (κ3) is 7.78. The number of nitrogens with zero attached hydrogens (tertiary/aromatic N) is 1. The van der Waals surface area contributed by atoms with Gasteiger partial charge in [-0.3, -0.25) is 4.79 Å². The molecule has 0 aliphatic rings. The summed E-state index contributed by atoms with van der Waals surface area (Å²) in [5, 5.41) is 15.2. The molecule has 1 amide bonds. The van der Waals surface area contributed by atoms with Crippen LogP contribution in [0.5, 0.6) is 11.5 Å². The lowest BCUT2D eigenvalue weighted by Gasteiger charge is -2.13. The number of methoxy groups -OCH3 is 1. The number of oxime groups is 1. The molecule has 4 N–H and O–H groups in total. The molecule has 0 aromatic heterocycles. The maximum absolute atomic E-state index is 12.3. The Morgan fingerprint density at radius 3 is 2.39 bits per heavy atom. The van der Waals surface area contributed by atoms with Gasteiger partial charge in [0.25, 0.3) is 5.91 Å².